The second-order valence-electron chi connectivity index (χ2n) is 6.67. The molecule has 4 rings (SSSR count). The van der Waals surface area contributed by atoms with E-state index in [-0.39, 0.29) is 17.6 Å². The van der Waals surface area contributed by atoms with Gasteiger partial charge in [-0.1, -0.05) is 0 Å². The Bertz CT molecular complexity index is 784. The van der Waals surface area contributed by atoms with Gasteiger partial charge in [-0.2, -0.15) is 0 Å². The van der Waals surface area contributed by atoms with E-state index in [1.165, 1.54) is 6.39 Å². The third kappa shape index (κ3) is 3.09. The molecule has 4 heterocycles. The Hall–Kier alpha value is -2.48. The number of carbonyl (C=O) groups is 1. The monoisotopic (exact) mass is 344 g/mol. The molecule has 8 nitrogen and oxygen atoms in total. The van der Waals surface area contributed by atoms with Crippen LogP contribution in [0.15, 0.2) is 23.1 Å². The molecule has 2 saturated heterocycles. The number of aryl methyl sites for hydroxylation is 2. The van der Waals surface area contributed by atoms with Gasteiger partial charge < -0.3 is 18.8 Å². The quantitative estimate of drug-likeness (QED) is 0.834. The van der Waals surface area contributed by atoms with E-state index in [1.54, 1.807) is 18.0 Å². The van der Waals surface area contributed by atoms with Gasteiger partial charge in [-0.05, 0) is 19.9 Å². The van der Waals surface area contributed by atoms with Crippen LogP contribution in [0.1, 0.15) is 34.8 Å². The smallest absolute Gasteiger partial charge is 0.316 e. The number of nitrogens with zero attached hydrogens (tertiary/aromatic N) is 4. The average Bonchev–Trinajstić information content (AvgIpc) is 2.98. The fourth-order valence-electron chi connectivity index (χ4n) is 3.38. The number of hydrogen-bond donors (Lipinski definition) is 0. The molecule has 0 N–H and O–H groups in total. The van der Waals surface area contributed by atoms with E-state index < -0.39 is 0 Å². The molecule has 1 amide bonds. The van der Waals surface area contributed by atoms with Crippen LogP contribution in [0.25, 0.3) is 0 Å². The largest absolute Gasteiger partial charge is 0.460 e. The molecule has 2 aromatic rings. The average molecular weight is 344 g/mol. The van der Waals surface area contributed by atoms with Gasteiger partial charge in [0.15, 0.2) is 6.39 Å². The summed E-state index contributed by atoms with van der Waals surface area (Å²) in [7, 11) is 0. The molecule has 0 saturated carbocycles. The molecule has 0 bridgehead atoms. The Morgan fingerprint density at radius 3 is 2.92 bits per heavy atom. The number of carbonyl (C=O) groups excluding carboxylic acids is 1. The lowest BCUT2D eigenvalue weighted by Crippen LogP contribution is -2.67. The minimum Gasteiger partial charge on any atom is -0.460 e. The molecule has 1 unspecified atom stereocenters. The Morgan fingerprint density at radius 2 is 2.20 bits per heavy atom. The van der Waals surface area contributed by atoms with Gasteiger partial charge in [0.2, 0.25) is 5.76 Å². The predicted octanol–water partition coefficient (Wildman–Crippen LogP) is 1.53. The van der Waals surface area contributed by atoms with Gasteiger partial charge in [0.25, 0.3) is 5.91 Å². The van der Waals surface area contributed by atoms with E-state index in [4.69, 9.17) is 13.9 Å². The van der Waals surface area contributed by atoms with Gasteiger partial charge in [-0.3, -0.25) is 4.79 Å². The van der Waals surface area contributed by atoms with Crippen LogP contribution in [-0.4, -0.2) is 57.2 Å². The molecule has 0 radical (unpaired) electrons. The normalized spacial score (nSPS) is 21.8. The van der Waals surface area contributed by atoms with Gasteiger partial charge in [0, 0.05) is 24.7 Å². The Morgan fingerprint density at radius 1 is 1.36 bits per heavy atom. The number of likely N-dealkylation sites (tertiary alicyclic amines) is 1. The lowest BCUT2D eigenvalue weighted by atomic mass is 9.84. The van der Waals surface area contributed by atoms with Crippen molar-refractivity contribution in [3.8, 4) is 6.01 Å². The molecule has 2 aromatic heterocycles. The lowest BCUT2D eigenvalue weighted by molar-refractivity contribution is -0.174. The van der Waals surface area contributed by atoms with Crippen molar-refractivity contribution in [2.75, 3.05) is 19.7 Å². The number of hydrogen-bond acceptors (Lipinski definition) is 7. The van der Waals surface area contributed by atoms with Crippen LogP contribution >= 0.6 is 0 Å². The Balaban J connectivity index is 1.38. The summed E-state index contributed by atoms with van der Waals surface area (Å²) in [5.41, 5.74) is 1.12. The van der Waals surface area contributed by atoms with Gasteiger partial charge in [-0.15, -0.1) is 0 Å². The topological polar surface area (TPSA) is 90.6 Å². The minimum absolute atomic E-state index is 0.0141. The van der Waals surface area contributed by atoms with E-state index >= 15 is 0 Å². The van der Waals surface area contributed by atoms with E-state index in [0.717, 1.165) is 12.1 Å². The molecule has 2 aliphatic rings. The maximum absolute atomic E-state index is 12.4. The highest BCUT2D eigenvalue weighted by molar-refractivity contribution is 5.93. The second-order valence-corrected chi connectivity index (χ2v) is 6.67. The number of ether oxygens (including phenoxy) is 2. The molecule has 0 aromatic carbocycles. The van der Waals surface area contributed by atoms with E-state index in [1.807, 2.05) is 13.0 Å². The zero-order chi connectivity index (χ0) is 17.4. The first kappa shape index (κ1) is 16.0. The fraction of sp³-hybridized carbons (Fsp3) is 0.529. The zero-order valence-corrected chi connectivity index (χ0v) is 14.3. The first-order valence-corrected chi connectivity index (χ1v) is 8.34. The van der Waals surface area contributed by atoms with Crippen LogP contribution in [-0.2, 0) is 4.74 Å². The van der Waals surface area contributed by atoms with Gasteiger partial charge in [0.1, 0.15) is 11.7 Å². The van der Waals surface area contributed by atoms with Crippen molar-refractivity contribution in [1.29, 1.82) is 0 Å². The molecule has 1 spiro atoms. The van der Waals surface area contributed by atoms with Crippen LogP contribution in [0.2, 0.25) is 0 Å². The van der Waals surface area contributed by atoms with Gasteiger partial charge in [0.05, 0.1) is 25.4 Å². The highest BCUT2D eigenvalue weighted by Gasteiger charge is 2.50. The van der Waals surface area contributed by atoms with E-state index in [0.29, 0.717) is 43.6 Å². The standard InChI is InChI=1S/C17H20N4O4/c1-11-3-5-18-16(20-11)25-13-4-6-24-17(7-13)8-21(9-17)15(22)14-12(2)19-10-23-14/h3,5,10,13H,4,6-9H2,1-2H3. The first-order chi connectivity index (χ1) is 12.0. The molecule has 0 aliphatic carbocycles. The fourth-order valence-corrected chi connectivity index (χ4v) is 3.38. The van der Waals surface area contributed by atoms with Crippen molar-refractivity contribution in [2.24, 2.45) is 0 Å². The molecule has 2 fully saturated rings. The molecule has 1 atom stereocenters. The minimum atomic E-state index is -0.351. The molecule has 132 valence electrons. The molecule has 25 heavy (non-hydrogen) atoms. The van der Waals surface area contributed by atoms with Crippen molar-refractivity contribution in [3.63, 3.8) is 0 Å². The summed E-state index contributed by atoms with van der Waals surface area (Å²) in [4.78, 5) is 26.6. The van der Waals surface area contributed by atoms with Crippen LogP contribution in [0.3, 0.4) is 0 Å². The third-order valence-electron chi connectivity index (χ3n) is 4.68. The van der Waals surface area contributed by atoms with Crippen LogP contribution < -0.4 is 4.74 Å². The maximum atomic E-state index is 12.4. The predicted molar refractivity (Wildman–Crippen MR) is 86.2 cm³/mol. The molecular weight excluding hydrogens is 324 g/mol. The van der Waals surface area contributed by atoms with Crippen molar-refractivity contribution in [1.82, 2.24) is 19.9 Å². The summed E-state index contributed by atoms with van der Waals surface area (Å²) in [5.74, 6) is 0.154. The molecular formula is C17H20N4O4. The highest BCUT2D eigenvalue weighted by atomic mass is 16.5. The Labute approximate surface area is 145 Å². The molecule has 8 heteroatoms. The summed E-state index contributed by atoms with van der Waals surface area (Å²) in [6.45, 7) is 5.32. The molecule has 2 aliphatic heterocycles. The Kier molecular flexibility index (Phi) is 3.91. The number of amides is 1. The zero-order valence-electron chi connectivity index (χ0n) is 14.3. The number of rotatable bonds is 3. The van der Waals surface area contributed by atoms with E-state index in [2.05, 4.69) is 15.0 Å². The second kappa shape index (κ2) is 6.11. The number of aromatic nitrogens is 3. The van der Waals surface area contributed by atoms with Crippen molar-refractivity contribution in [2.45, 2.75) is 38.4 Å². The number of oxazole rings is 1. The van der Waals surface area contributed by atoms with Crippen LogP contribution in [0, 0.1) is 13.8 Å². The first-order valence-electron chi connectivity index (χ1n) is 8.34. The SMILES string of the molecule is Cc1ccnc(OC2CCOC3(C2)CN(C(=O)c2ocnc2C)C3)n1. The van der Waals surface area contributed by atoms with E-state index in [9.17, 15) is 4.79 Å². The maximum Gasteiger partial charge on any atom is 0.316 e. The summed E-state index contributed by atoms with van der Waals surface area (Å²) in [6, 6.07) is 2.23. The lowest BCUT2D eigenvalue weighted by Gasteiger charge is -2.52. The summed E-state index contributed by atoms with van der Waals surface area (Å²) in [6.07, 6.45) is 4.47. The van der Waals surface area contributed by atoms with Gasteiger partial charge in [-0.25, -0.2) is 15.0 Å². The van der Waals surface area contributed by atoms with Crippen LogP contribution in [0.5, 0.6) is 6.01 Å². The van der Waals surface area contributed by atoms with Crippen LogP contribution in [0.4, 0.5) is 0 Å². The highest BCUT2D eigenvalue weighted by Crippen LogP contribution is 2.36. The van der Waals surface area contributed by atoms with Crippen molar-refractivity contribution >= 4 is 5.91 Å². The summed E-state index contributed by atoms with van der Waals surface area (Å²) < 4.78 is 17.1. The van der Waals surface area contributed by atoms with Gasteiger partial charge >= 0.3 is 6.01 Å². The summed E-state index contributed by atoms with van der Waals surface area (Å²) >= 11 is 0. The third-order valence-corrected chi connectivity index (χ3v) is 4.68. The van der Waals surface area contributed by atoms with Crippen molar-refractivity contribution < 1.29 is 18.7 Å². The summed E-state index contributed by atoms with van der Waals surface area (Å²) in [5, 5.41) is 0. The van der Waals surface area contributed by atoms with Crippen molar-refractivity contribution in [3.05, 3.63) is 35.8 Å².